The molecular weight excluding hydrogens is 354 g/mol. The highest BCUT2D eigenvalue weighted by molar-refractivity contribution is 6.04. The number of nitrogens with one attached hydrogen (secondary N) is 2. The topological polar surface area (TPSA) is 100 Å². The standard InChI is InChI=1S/C21H25N5O2/c22-16-5-1-2-6-17(16)25-20(28)18-8-7-15(13-23-18)19(27)24-14-21-9-3-11-26(21)12-4-10-21/h1-2,5-8,13H,3-4,9-12,14,22H2,(H,24,27)(H,25,28). The van der Waals surface area contributed by atoms with Crippen LogP contribution in [0.25, 0.3) is 0 Å². The number of fused-ring (bicyclic) bond motifs is 1. The van der Waals surface area contributed by atoms with Gasteiger partial charge < -0.3 is 16.4 Å². The van der Waals surface area contributed by atoms with E-state index in [1.807, 2.05) is 0 Å². The van der Waals surface area contributed by atoms with Crippen LogP contribution in [0.3, 0.4) is 0 Å². The van der Waals surface area contributed by atoms with E-state index in [0.717, 1.165) is 25.9 Å². The average Bonchev–Trinajstić information content (AvgIpc) is 3.28. The molecule has 2 fully saturated rings. The van der Waals surface area contributed by atoms with Gasteiger partial charge in [-0.3, -0.25) is 19.5 Å². The Morgan fingerprint density at radius 2 is 1.82 bits per heavy atom. The van der Waals surface area contributed by atoms with Gasteiger partial charge in [0.05, 0.1) is 16.9 Å². The number of carbonyl (C=O) groups excluding carboxylic acids is 2. The van der Waals surface area contributed by atoms with Gasteiger partial charge in [-0.15, -0.1) is 0 Å². The summed E-state index contributed by atoms with van der Waals surface area (Å²) in [4.78, 5) is 31.5. The molecule has 146 valence electrons. The third kappa shape index (κ3) is 3.57. The summed E-state index contributed by atoms with van der Waals surface area (Å²) in [7, 11) is 0. The molecule has 0 spiro atoms. The molecule has 2 aliphatic rings. The molecule has 0 atom stereocenters. The summed E-state index contributed by atoms with van der Waals surface area (Å²) in [5, 5.41) is 5.79. The minimum absolute atomic E-state index is 0.137. The second-order valence-electron chi connectivity index (χ2n) is 7.57. The summed E-state index contributed by atoms with van der Waals surface area (Å²) >= 11 is 0. The molecule has 2 saturated heterocycles. The van der Waals surface area contributed by atoms with Crippen molar-refractivity contribution in [3.63, 3.8) is 0 Å². The van der Waals surface area contributed by atoms with E-state index in [1.165, 1.54) is 19.0 Å². The Labute approximate surface area is 164 Å². The van der Waals surface area contributed by atoms with E-state index in [2.05, 4.69) is 20.5 Å². The van der Waals surface area contributed by atoms with Crippen LogP contribution in [0.1, 0.15) is 46.5 Å². The monoisotopic (exact) mass is 379 g/mol. The van der Waals surface area contributed by atoms with Gasteiger partial charge in [0.25, 0.3) is 11.8 Å². The molecule has 4 rings (SSSR count). The average molecular weight is 379 g/mol. The molecule has 1 aromatic heterocycles. The second kappa shape index (κ2) is 7.59. The van der Waals surface area contributed by atoms with E-state index in [-0.39, 0.29) is 23.0 Å². The lowest BCUT2D eigenvalue weighted by Gasteiger charge is -2.32. The highest BCUT2D eigenvalue weighted by Gasteiger charge is 2.44. The number of amides is 2. The number of nitrogens with zero attached hydrogens (tertiary/aromatic N) is 2. The molecule has 0 unspecified atom stereocenters. The van der Waals surface area contributed by atoms with Gasteiger partial charge >= 0.3 is 0 Å². The van der Waals surface area contributed by atoms with Crippen LogP contribution in [0.4, 0.5) is 11.4 Å². The molecule has 2 aliphatic heterocycles. The molecule has 0 aliphatic carbocycles. The van der Waals surface area contributed by atoms with Crippen molar-refractivity contribution >= 4 is 23.2 Å². The number of rotatable bonds is 5. The smallest absolute Gasteiger partial charge is 0.274 e. The van der Waals surface area contributed by atoms with E-state index in [4.69, 9.17) is 5.73 Å². The third-order valence-electron chi connectivity index (χ3n) is 5.86. The lowest BCUT2D eigenvalue weighted by molar-refractivity contribution is 0.0917. The van der Waals surface area contributed by atoms with Gasteiger partial charge in [0.15, 0.2) is 0 Å². The summed E-state index contributed by atoms with van der Waals surface area (Å²) in [6, 6.07) is 10.2. The normalized spacial score (nSPS) is 17.9. The van der Waals surface area contributed by atoms with Crippen LogP contribution in [0.2, 0.25) is 0 Å². The number of anilines is 2. The van der Waals surface area contributed by atoms with Gasteiger partial charge in [-0.1, -0.05) is 12.1 Å². The number of benzene rings is 1. The lowest BCUT2D eigenvalue weighted by Crippen LogP contribution is -2.48. The fourth-order valence-corrected chi connectivity index (χ4v) is 4.32. The Hall–Kier alpha value is -2.93. The van der Waals surface area contributed by atoms with Crippen molar-refractivity contribution in [2.45, 2.75) is 31.2 Å². The zero-order valence-electron chi connectivity index (χ0n) is 15.8. The molecule has 3 heterocycles. The fourth-order valence-electron chi connectivity index (χ4n) is 4.32. The molecule has 4 N–H and O–H groups in total. The van der Waals surface area contributed by atoms with Crippen LogP contribution in [0.15, 0.2) is 42.6 Å². The Morgan fingerprint density at radius 3 is 2.50 bits per heavy atom. The van der Waals surface area contributed by atoms with Gasteiger partial charge in [-0.2, -0.15) is 0 Å². The number of carbonyl (C=O) groups is 2. The number of para-hydroxylation sites is 2. The fraction of sp³-hybridized carbons (Fsp3) is 0.381. The summed E-state index contributed by atoms with van der Waals surface area (Å²) in [6.45, 7) is 2.93. The Morgan fingerprint density at radius 1 is 1.07 bits per heavy atom. The number of nitrogens with two attached hydrogens (primary N) is 1. The number of nitrogen functional groups attached to an aromatic ring is 1. The van der Waals surface area contributed by atoms with Crippen LogP contribution in [0, 0.1) is 0 Å². The number of hydrogen-bond acceptors (Lipinski definition) is 5. The SMILES string of the molecule is Nc1ccccc1NC(=O)c1ccc(C(=O)NCC23CCCN2CCC3)cn1. The maximum Gasteiger partial charge on any atom is 0.274 e. The summed E-state index contributed by atoms with van der Waals surface area (Å²) < 4.78 is 0. The highest BCUT2D eigenvalue weighted by atomic mass is 16.2. The lowest BCUT2D eigenvalue weighted by atomic mass is 9.94. The maximum absolute atomic E-state index is 12.5. The molecule has 0 radical (unpaired) electrons. The van der Waals surface area contributed by atoms with Gasteiger partial charge in [-0.05, 0) is 63.0 Å². The van der Waals surface area contributed by atoms with E-state index in [0.29, 0.717) is 23.5 Å². The summed E-state index contributed by atoms with van der Waals surface area (Å²) in [6.07, 6.45) is 6.14. The minimum atomic E-state index is -0.365. The molecule has 1 aromatic carbocycles. The maximum atomic E-state index is 12.5. The minimum Gasteiger partial charge on any atom is -0.397 e. The number of pyridine rings is 1. The predicted octanol–water partition coefficient (Wildman–Crippen LogP) is 2.27. The largest absolute Gasteiger partial charge is 0.397 e. The third-order valence-corrected chi connectivity index (χ3v) is 5.86. The molecule has 2 aromatic rings. The zero-order valence-corrected chi connectivity index (χ0v) is 15.8. The number of hydrogen-bond donors (Lipinski definition) is 3. The van der Waals surface area contributed by atoms with Crippen molar-refractivity contribution in [2.75, 3.05) is 30.7 Å². The first-order chi connectivity index (χ1) is 13.6. The molecule has 7 nitrogen and oxygen atoms in total. The molecule has 0 saturated carbocycles. The van der Waals surface area contributed by atoms with Crippen molar-refractivity contribution < 1.29 is 9.59 Å². The van der Waals surface area contributed by atoms with E-state index in [1.54, 1.807) is 36.4 Å². The van der Waals surface area contributed by atoms with Crippen LogP contribution >= 0.6 is 0 Å². The van der Waals surface area contributed by atoms with Gasteiger partial charge in [0.1, 0.15) is 5.69 Å². The van der Waals surface area contributed by atoms with Crippen LogP contribution in [-0.4, -0.2) is 46.9 Å². The van der Waals surface area contributed by atoms with E-state index < -0.39 is 0 Å². The van der Waals surface area contributed by atoms with Crippen molar-refractivity contribution in [2.24, 2.45) is 0 Å². The summed E-state index contributed by atoms with van der Waals surface area (Å²) in [5.41, 5.74) is 7.68. The van der Waals surface area contributed by atoms with Crippen LogP contribution in [0.5, 0.6) is 0 Å². The second-order valence-corrected chi connectivity index (χ2v) is 7.57. The number of aromatic nitrogens is 1. The molecule has 0 bridgehead atoms. The summed E-state index contributed by atoms with van der Waals surface area (Å²) in [5.74, 6) is -0.517. The van der Waals surface area contributed by atoms with Crippen molar-refractivity contribution in [1.82, 2.24) is 15.2 Å². The van der Waals surface area contributed by atoms with E-state index in [9.17, 15) is 9.59 Å². The molecule has 7 heteroatoms. The van der Waals surface area contributed by atoms with Crippen molar-refractivity contribution in [3.05, 3.63) is 53.9 Å². The highest BCUT2D eigenvalue weighted by Crippen LogP contribution is 2.38. The van der Waals surface area contributed by atoms with Gasteiger partial charge in [0, 0.05) is 18.3 Å². The Balaban J connectivity index is 1.37. The first-order valence-electron chi connectivity index (χ1n) is 9.73. The quantitative estimate of drug-likeness (QED) is 0.692. The van der Waals surface area contributed by atoms with Crippen LogP contribution < -0.4 is 16.4 Å². The first-order valence-corrected chi connectivity index (χ1v) is 9.73. The van der Waals surface area contributed by atoms with E-state index >= 15 is 0 Å². The Bertz CT molecular complexity index is 871. The first kappa shape index (κ1) is 18.4. The Kier molecular flexibility index (Phi) is 5.00. The molecule has 2 amide bonds. The molecular formula is C21H25N5O2. The zero-order chi connectivity index (χ0) is 19.6. The predicted molar refractivity (Wildman–Crippen MR) is 108 cm³/mol. The van der Waals surface area contributed by atoms with Crippen LogP contribution in [-0.2, 0) is 0 Å². The van der Waals surface area contributed by atoms with Crippen molar-refractivity contribution in [3.8, 4) is 0 Å². The molecule has 28 heavy (non-hydrogen) atoms. The van der Waals surface area contributed by atoms with Gasteiger partial charge in [0.2, 0.25) is 0 Å². The van der Waals surface area contributed by atoms with Crippen molar-refractivity contribution in [1.29, 1.82) is 0 Å². The van der Waals surface area contributed by atoms with Gasteiger partial charge in [-0.25, -0.2) is 0 Å².